The fourth-order valence-electron chi connectivity index (χ4n) is 0.859. The minimum atomic E-state index is -3.27. The lowest BCUT2D eigenvalue weighted by Gasteiger charge is -2.13. The molecule has 1 rings (SSSR count). The summed E-state index contributed by atoms with van der Waals surface area (Å²) in [5, 5.41) is 0.385. The maximum Gasteiger partial charge on any atom is 0.414 e. The van der Waals surface area contributed by atoms with E-state index in [4.69, 9.17) is 17.6 Å². The van der Waals surface area contributed by atoms with Crippen LogP contribution in [0.3, 0.4) is 0 Å². The first kappa shape index (κ1) is 18.1. The van der Waals surface area contributed by atoms with Crippen molar-refractivity contribution in [1.29, 1.82) is 0 Å². The van der Waals surface area contributed by atoms with E-state index in [0.29, 0.717) is 25.0 Å². The highest BCUT2D eigenvalue weighted by atomic mass is 33.1. The van der Waals surface area contributed by atoms with Gasteiger partial charge in [0.25, 0.3) is 5.19 Å². The lowest BCUT2D eigenvalue weighted by atomic mass is 10.5. The summed E-state index contributed by atoms with van der Waals surface area (Å²) in [5.74, 6) is -3.27. The van der Waals surface area contributed by atoms with Gasteiger partial charge in [0.2, 0.25) is 0 Å². The second-order valence-electron chi connectivity index (χ2n) is 3.19. The van der Waals surface area contributed by atoms with E-state index in [0.717, 1.165) is 41.3 Å². The van der Waals surface area contributed by atoms with Crippen LogP contribution in [0.2, 0.25) is 0 Å². The second kappa shape index (κ2) is 9.86. The lowest BCUT2D eigenvalue weighted by Crippen LogP contribution is -1.95. The molecule has 0 aliphatic rings. The first-order valence-corrected chi connectivity index (χ1v) is 11.1. The van der Waals surface area contributed by atoms with Crippen LogP contribution in [0, 0.1) is 0 Å². The van der Waals surface area contributed by atoms with Gasteiger partial charge in [-0.15, -0.1) is 9.36 Å². The number of hydrogen-bond donors (Lipinski definition) is 0. The number of hydrogen-bond acceptors (Lipinski definition) is 10. The van der Waals surface area contributed by atoms with Crippen molar-refractivity contribution in [1.82, 2.24) is 9.36 Å². The van der Waals surface area contributed by atoms with Crippen LogP contribution in [0.15, 0.2) is 0 Å². The Kier molecular flexibility index (Phi) is 8.90. The van der Waals surface area contributed by atoms with E-state index in [1.165, 1.54) is 0 Å². The van der Waals surface area contributed by atoms with Gasteiger partial charge in [-0.2, -0.15) is 0 Å². The highest BCUT2D eigenvalue weighted by molar-refractivity contribution is 8.87. The maximum atomic E-state index is 12.5. The Morgan fingerprint density at radius 3 is 2.40 bits per heavy atom. The molecule has 11 heteroatoms. The minimum absolute atomic E-state index is 0.00356. The van der Waals surface area contributed by atoms with Crippen LogP contribution in [0.25, 0.3) is 0 Å². The molecule has 0 radical (unpaired) electrons. The first-order valence-electron chi connectivity index (χ1n) is 6.02. The summed E-state index contributed by atoms with van der Waals surface area (Å²) in [5.41, 5.74) is 0. The molecule has 0 spiro atoms. The molecular weight excluding hydrogens is 343 g/mol. The van der Waals surface area contributed by atoms with Gasteiger partial charge in [0.15, 0.2) is 0 Å². The van der Waals surface area contributed by atoms with Crippen LogP contribution in [-0.4, -0.2) is 29.2 Å². The van der Waals surface area contributed by atoms with Crippen molar-refractivity contribution in [2.45, 2.75) is 27.2 Å². The molecule has 0 saturated heterocycles. The molecule has 0 atom stereocenters. The average Bonchev–Trinajstić information content (AvgIpc) is 2.88. The zero-order valence-corrected chi connectivity index (χ0v) is 14.8. The highest BCUT2D eigenvalue weighted by Gasteiger charge is 2.32. The molecule has 0 saturated carbocycles. The Hall–Kier alpha value is 0.01000. The van der Waals surface area contributed by atoms with E-state index in [1.54, 1.807) is 13.8 Å². The lowest BCUT2D eigenvalue weighted by molar-refractivity contribution is 0.313. The van der Waals surface area contributed by atoms with Crippen LogP contribution in [0.1, 0.15) is 27.2 Å². The summed E-state index contributed by atoms with van der Waals surface area (Å²) in [6, 6.07) is 0.00356. The normalized spacial score (nSPS) is 11.6. The molecule has 0 aliphatic heterocycles. The zero-order valence-electron chi connectivity index (χ0n) is 11.4. The molecule has 0 aromatic carbocycles. The molecule has 7 nitrogen and oxygen atoms in total. The van der Waals surface area contributed by atoms with Gasteiger partial charge in [0.05, 0.1) is 19.8 Å². The molecule has 0 N–H and O–H groups in total. The second-order valence-corrected chi connectivity index (χ2v) is 10.2. The molecular formula is C9H17N2O5PS3. The standard InChI is InChI=1S/C9H17N2O5PS3/c1-4-7-13-9-10-8(11-18-9)16-17(12,19-14-5-2)20-15-6-3/h4-7H2,1-3H3. The molecule has 1 aromatic heterocycles. The van der Waals surface area contributed by atoms with Gasteiger partial charge >= 0.3 is 11.8 Å². The van der Waals surface area contributed by atoms with Crippen LogP contribution >= 0.6 is 40.6 Å². The molecule has 20 heavy (non-hydrogen) atoms. The summed E-state index contributed by atoms with van der Waals surface area (Å²) in [6.45, 7) is 6.93. The van der Waals surface area contributed by atoms with Crippen LogP contribution in [0.5, 0.6) is 11.2 Å². The van der Waals surface area contributed by atoms with Crippen LogP contribution in [-0.2, 0) is 12.9 Å². The van der Waals surface area contributed by atoms with E-state index < -0.39 is 5.77 Å². The molecule has 0 amide bonds. The van der Waals surface area contributed by atoms with Crippen molar-refractivity contribution in [2.24, 2.45) is 0 Å². The molecule has 0 bridgehead atoms. The van der Waals surface area contributed by atoms with Crippen LogP contribution in [0.4, 0.5) is 0 Å². The predicted molar refractivity (Wildman–Crippen MR) is 82.4 cm³/mol. The first-order chi connectivity index (χ1) is 9.63. The highest BCUT2D eigenvalue weighted by Crippen LogP contribution is 2.69. The third kappa shape index (κ3) is 6.64. The van der Waals surface area contributed by atoms with E-state index in [-0.39, 0.29) is 6.01 Å². The van der Waals surface area contributed by atoms with Crippen LogP contribution < -0.4 is 9.26 Å². The van der Waals surface area contributed by atoms with E-state index in [2.05, 4.69) is 9.36 Å². The molecule has 1 aromatic rings. The fourth-order valence-corrected chi connectivity index (χ4v) is 5.30. The smallest absolute Gasteiger partial charge is 0.414 e. The molecule has 1 heterocycles. The van der Waals surface area contributed by atoms with Gasteiger partial charge in [-0.25, -0.2) is 4.57 Å². The van der Waals surface area contributed by atoms with Gasteiger partial charge in [-0.3, -0.25) is 0 Å². The van der Waals surface area contributed by atoms with Gasteiger partial charge in [0, 0.05) is 11.5 Å². The maximum absolute atomic E-state index is 12.5. The monoisotopic (exact) mass is 360 g/mol. The van der Waals surface area contributed by atoms with E-state index >= 15 is 0 Å². The summed E-state index contributed by atoms with van der Waals surface area (Å²) >= 11 is 2.53. The van der Waals surface area contributed by atoms with Gasteiger partial charge < -0.3 is 17.6 Å². The average molecular weight is 360 g/mol. The summed E-state index contributed by atoms with van der Waals surface area (Å²) in [7, 11) is 0. The zero-order chi connectivity index (χ0) is 14.8. The molecule has 0 aliphatic carbocycles. The van der Waals surface area contributed by atoms with Crippen molar-refractivity contribution in [3.8, 4) is 11.2 Å². The van der Waals surface area contributed by atoms with Crippen molar-refractivity contribution in [3.63, 3.8) is 0 Å². The molecule has 0 fully saturated rings. The number of rotatable bonds is 11. The quantitative estimate of drug-likeness (QED) is 0.426. The Labute approximate surface area is 130 Å². The Morgan fingerprint density at radius 1 is 1.20 bits per heavy atom. The largest absolute Gasteiger partial charge is 0.469 e. The minimum Gasteiger partial charge on any atom is -0.469 e. The number of aromatic nitrogens is 2. The van der Waals surface area contributed by atoms with Crippen molar-refractivity contribution in [2.75, 3.05) is 19.8 Å². The summed E-state index contributed by atoms with van der Waals surface area (Å²) < 4.78 is 37.2. The SMILES string of the molecule is CCCOc1nc(OP(=O)(SOCC)SOCC)ns1. The Bertz CT molecular complexity index is 421. The van der Waals surface area contributed by atoms with Crippen molar-refractivity contribution >= 4 is 40.6 Å². The third-order valence-electron chi connectivity index (χ3n) is 1.54. The van der Waals surface area contributed by atoms with Gasteiger partial charge in [-0.05, 0) is 20.3 Å². The van der Waals surface area contributed by atoms with E-state index in [9.17, 15) is 4.57 Å². The Morgan fingerprint density at radius 2 is 1.85 bits per heavy atom. The molecule has 116 valence electrons. The number of ether oxygens (including phenoxy) is 1. The van der Waals surface area contributed by atoms with Crippen molar-refractivity contribution in [3.05, 3.63) is 0 Å². The number of nitrogens with zero attached hydrogens (tertiary/aromatic N) is 2. The molecule has 0 unspecified atom stereocenters. The van der Waals surface area contributed by atoms with E-state index in [1.807, 2.05) is 6.92 Å². The van der Waals surface area contributed by atoms with Crippen molar-refractivity contribution < 1.29 is 22.2 Å². The third-order valence-corrected chi connectivity index (χ3v) is 6.85. The predicted octanol–water partition coefficient (Wildman–Crippen LogP) is 4.18. The summed E-state index contributed by atoms with van der Waals surface area (Å²) in [4.78, 5) is 4.00. The fraction of sp³-hybridized carbons (Fsp3) is 0.778. The van der Waals surface area contributed by atoms with Gasteiger partial charge in [-0.1, -0.05) is 6.92 Å². The van der Waals surface area contributed by atoms with Gasteiger partial charge in [0.1, 0.15) is 23.3 Å². The Balaban J connectivity index is 2.63. The topological polar surface area (TPSA) is 79.8 Å². The summed E-state index contributed by atoms with van der Waals surface area (Å²) in [6.07, 6.45) is 0.870.